The molecule has 4 atom stereocenters. The maximum Gasteiger partial charge on any atom is 0.155 e. The van der Waals surface area contributed by atoms with E-state index in [4.69, 9.17) is 9.47 Å². The van der Waals surface area contributed by atoms with Gasteiger partial charge in [0.15, 0.2) is 6.29 Å². The Morgan fingerprint density at radius 2 is 0.925 bits per heavy atom. The van der Waals surface area contributed by atoms with Crippen molar-refractivity contribution in [3.63, 3.8) is 0 Å². The molecule has 1 aliphatic rings. The van der Waals surface area contributed by atoms with Gasteiger partial charge in [-0.1, -0.05) is 168 Å². The lowest BCUT2D eigenvalue weighted by Crippen LogP contribution is -2.36. The number of hydrogen-bond acceptors (Lipinski definition) is 3. The SMILES string of the molecule is CCCCCCCCCCCCCCCCCCCCCCCC1CC(CCCCC(C)C(=O)CC)OC(C)O1. The average molecular weight is 565 g/mol. The number of hydrogen-bond donors (Lipinski definition) is 0. The lowest BCUT2D eigenvalue weighted by atomic mass is 9.95. The van der Waals surface area contributed by atoms with Gasteiger partial charge in [0.05, 0.1) is 12.2 Å². The average Bonchev–Trinajstić information content (AvgIpc) is 2.95. The third kappa shape index (κ3) is 22.2. The number of unbranched alkanes of at least 4 members (excludes halogenated alkanes) is 21. The topological polar surface area (TPSA) is 35.5 Å². The first-order chi connectivity index (χ1) is 19.6. The van der Waals surface area contributed by atoms with Crippen LogP contribution in [0.4, 0.5) is 0 Å². The molecular weight excluding hydrogens is 492 g/mol. The summed E-state index contributed by atoms with van der Waals surface area (Å²) in [4.78, 5) is 11.8. The molecule has 0 amide bonds. The van der Waals surface area contributed by atoms with Crippen molar-refractivity contribution in [1.82, 2.24) is 0 Å². The molecule has 40 heavy (non-hydrogen) atoms. The second-order valence-corrected chi connectivity index (χ2v) is 13.2. The molecule has 4 unspecified atom stereocenters. The fraction of sp³-hybridized carbons (Fsp3) is 0.973. The third-order valence-electron chi connectivity index (χ3n) is 9.23. The van der Waals surface area contributed by atoms with Crippen LogP contribution in [0.1, 0.15) is 207 Å². The lowest BCUT2D eigenvalue weighted by Gasteiger charge is -2.34. The largest absolute Gasteiger partial charge is 0.350 e. The van der Waals surface area contributed by atoms with Gasteiger partial charge < -0.3 is 9.47 Å². The van der Waals surface area contributed by atoms with Crippen molar-refractivity contribution in [2.45, 2.75) is 226 Å². The van der Waals surface area contributed by atoms with E-state index in [2.05, 4.69) is 20.8 Å². The molecule has 0 aliphatic carbocycles. The summed E-state index contributed by atoms with van der Waals surface area (Å²) in [6.07, 6.45) is 38.1. The van der Waals surface area contributed by atoms with Gasteiger partial charge in [-0.3, -0.25) is 4.79 Å². The van der Waals surface area contributed by atoms with Gasteiger partial charge in [-0.15, -0.1) is 0 Å². The minimum absolute atomic E-state index is 0.0701. The first-order valence-electron chi connectivity index (χ1n) is 18.4. The summed E-state index contributed by atoms with van der Waals surface area (Å²) in [5.74, 6) is 0.623. The molecule has 1 fully saturated rings. The van der Waals surface area contributed by atoms with E-state index in [1.54, 1.807) is 0 Å². The fourth-order valence-corrected chi connectivity index (χ4v) is 6.49. The van der Waals surface area contributed by atoms with Crippen molar-refractivity contribution < 1.29 is 14.3 Å². The molecule has 1 saturated heterocycles. The van der Waals surface area contributed by atoms with Crippen molar-refractivity contribution >= 4 is 5.78 Å². The number of carbonyl (C=O) groups is 1. The van der Waals surface area contributed by atoms with Gasteiger partial charge in [0.25, 0.3) is 0 Å². The van der Waals surface area contributed by atoms with Crippen LogP contribution >= 0.6 is 0 Å². The second-order valence-electron chi connectivity index (χ2n) is 13.2. The van der Waals surface area contributed by atoms with E-state index in [1.807, 2.05) is 6.92 Å². The highest BCUT2D eigenvalue weighted by molar-refractivity contribution is 5.80. The lowest BCUT2D eigenvalue weighted by molar-refractivity contribution is -0.236. The Kier molecular flexibility index (Phi) is 25.8. The van der Waals surface area contributed by atoms with Gasteiger partial charge >= 0.3 is 0 Å². The molecule has 1 rings (SSSR count). The summed E-state index contributed by atoms with van der Waals surface area (Å²) in [5.41, 5.74) is 0. The highest BCUT2D eigenvalue weighted by atomic mass is 16.7. The monoisotopic (exact) mass is 565 g/mol. The van der Waals surface area contributed by atoms with Gasteiger partial charge in [0, 0.05) is 12.3 Å². The molecule has 0 aromatic rings. The van der Waals surface area contributed by atoms with E-state index in [9.17, 15) is 4.79 Å². The smallest absolute Gasteiger partial charge is 0.155 e. The van der Waals surface area contributed by atoms with E-state index >= 15 is 0 Å². The number of carbonyl (C=O) groups excluding carboxylic acids is 1. The minimum atomic E-state index is -0.0701. The normalized spacial score (nSPS) is 20.1. The van der Waals surface area contributed by atoms with E-state index in [0.717, 1.165) is 32.1 Å². The maximum atomic E-state index is 11.8. The minimum Gasteiger partial charge on any atom is -0.350 e. The summed E-state index contributed by atoms with van der Waals surface area (Å²) in [7, 11) is 0. The Labute approximate surface area is 251 Å². The van der Waals surface area contributed by atoms with Gasteiger partial charge in [0.2, 0.25) is 0 Å². The van der Waals surface area contributed by atoms with Crippen molar-refractivity contribution in [2.24, 2.45) is 5.92 Å². The van der Waals surface area contributed by atoms with Crippen molar-refractivity contribution in [3.8, 4) is 0 Å². The second kappa shape index (κ2) is 27.4. The van der Waals surface area contributed by atoms with Crippen LogP contribution in [0.2, 0.25) is 0 Å². The Morgan fingerprint density at radius 3 is 1.30 bits per heavy atom. The van der Waals surface area contributed by atoms with Crippen LogP contribution in [0.25, 0.3) is 0 Å². The van der Waals surface area contributed by atoms with Crippen LogP contribution < -0.4 is 0 Å². The first-order valence-corrected chi connectivity index (χ1v) is 18.4. The van der Waals surface area contributed by atoms with Crippen LogP contribution in [0.5, 0.6) is 0 Å². The number of ketones is 1. The zero-order valence-corrected chi connectivity index (χ0v) is 27.8. The van der Waals surface area contributed by atoms with E-state index in [1.165, 1.54) is 141 Å². The van der Waals surface area contributed by atoms with Gasteiger partial charge in [-0.25, -0.2) is 0 Å². The Bertz CT molecular complexity index is 548. The molecule has 0 bridgehead atoms. The van der Waals surface area contributed by atoms with Crippen LogP contribution in [0.3, 0.4) is 0 Å². The Morgan fingerprint density at radius 1 is 0.575 bits per heavy atom. The highest BCUT2D eigenvalue weighted by Crippen LogP contribution is 2.26. The molecule has 0 aromatic carbocycles. The summed E-state index contributed by atoms with van der Waals surface area (Å²) in [6, 6.07) is 0. The predicted molar refractivity (Wildman–Crippen MR) is 174 cm³/mol. The van der Waals surface area contributed by atoms with Crippen molar-refractivity contribution in [1.29, 1.82) is 0 Å². The van der Waals surface area contributed by atoms with Crippen LogP contribution in [0.15, 0.2) is 0 Å². The molecule has 1 heterocycles. The van der Waals surface area contributed by atoms with Crippen molar-refractivity contribution in [3.05, 3.63) is 0 Å². The number of ether oxygens (including phenoxy) is 2. The Hall–Kier alpha value is -0.410. The summed E-state index contributed by atoms with van der Waals surface area (Å²) >= 11 is 0. The molecular formula is C37H72O3. The van der Waals surface area contributed by atoms with E-state index in [0.29, 0.717) is 24.4 Å². The van der Waals surface area contributed by atoms with Gasteiger partial charge in [-0.05, 0) is 32.6 Å². The summed E-state index contributed by atoms with van der Waals surface area (Å²) in [6.45, 7) is 8.40. The molecule has 0 saturated carbocycles. The zero-order chi connectivity index (χ0) is 29.1. The zero-order valence-electron chi connectivity index (χ0n) is 27.8. The van der Waals surface area contributed by atoms with Crippen LogP contribution in [0, 0.1) is 5.92 Å². The molecule has 238 valence electrons. The quantitative estimate of drug-likeness (QED) is 0.0847. The molecule has 0 N–H and O–H groups in total. The van der Waals surface area contributed by atoms with Crippen LogP contribution in [-0.2, 0) is 14.3 Å². The molecule has 0 spiro atoms. The fourth-order valence-electron chi connectivity index (χ4n) is 6.49. The molecule has 3 nitrogen and oxygen atoms in total. The number of rotatable bonds is 29. The maximum absolute atomic E-state index is 11.8. The standard InChI is InChI=1S/C37H72O3/c1-5-7-8-9-10-11-12-13-14-15-16-17-18-19-20-21-22-23-24-25-26-30-35-32-36(40-34(4)39-35)31-28-27-29-33(3)37(38)6-2/h33-36H,5-32H2,1-4H3. The Balaban J connectivity index is 1.85. The van der Waals surface area contributed by atoms with Gasteiger partial charge in [-0.2, -0.15) is 0 Å². The molecule has 3 heteroatoms. The van der Waals surface area contributed by atoms with Crippen molar-refractivity contribution in [2.75, 3.05) is 0 Å². The van der Waals surface area contributed by atoms with Gasteiger partial charge in [0.1, 0.15) is 5.78 Å². The predicted octanol–water partition coefficient (Wildman–Crippen LogP) is 12.3. The highest BCUT2D eigenvalue weighted by Gasteiger charge is 2.27. The third-order valence-corrected chi connectivity index (χ3v) is 9.23. The van der Waals surface area contributed by atoms with Crippen LogP contribution in [-0.4, -0.2) is 24.3 Å². The summed E-state index contributed by atoms with van der Waals surface area (Å²) in [5, 5.41) is 0. The van der Waals surface area contributed by atoms with E-state index in [-0.39, 0.29) is 12.2 Å². The molecule has 0 aromatic heterocycles. The molecule has 1 aliphatic heterocycles. The summed E-state index contributed by atoms with van der Waals surface area (Å²) < 4.78 is 12.1. The molecule has 0 radical (unpaired) electrons. The number of Topliss-reactive ketones (excluding diaryl/α,β-unsaturated/α-hetero) is 1. The van der Waals surface area contributed by atoms with E-state index < -0.39 is 0 Å². The first kappa shape index (κ1) is 37.6.